The highest BCUT2D eigenvalue weighted by atomic mass is 16.5. The third-order valence-electron chi connectivity index (χ3n) is 4.20. The van der Waals surface area contributed by atoms with E-state index < -0.39 is 18.2 Å². The van der Waals surface area contributed by atoms with Crippen molar-refractivity contribution < 1.29 is 33.6 Å². The van der Waals surface area contributed by atoms with Gasteiger partial charge in [0.15, 0.2) is 17.6 Å². The molecule has 8 nitrogen and oxygen atoms in total. The predicted molar refractivity (Wildman–Crippen MR) is 116 cm³/mol. The Bertz CT molecular complexity index is 882. The van der Waals surface area contributed by atoms with Gasteiger partial charge in [-0.2, -0.15) is 0 Å². The third-order valence-corrected chi connectivity index (χ3v) is 4.20. The molecule has 0 aliphatic rings. The van der Waals surface area contributed by atoms with Gasteiger partial charge in [-0.25, -0.2) is 9.59 Å². The lowest BCUT2D eigenvalue weighted by molar-refractivity contribution is -0.153. The van der Waals surface area contributed by atoms with Gasteiger partial charge in [-0.3, -0.25) is 5.32 Å². The summed E-state index contributed by atoms with van der Waals surface area (Å²) < 4.78 is 21.5. The molecule has 168 valence electrons. The zero-order valence-electron chi connectivity index (χ0n) is 18.2. The van der Waals surface area contributed by atoms with Crippen molar-refractivity contribution in [2.24, 2.45) is 0 Å². The van der Waals surface area contributed by atoms with Crippen LogP contribution in [-0.4, -0.2) is 43.1 Å². The molecule has 2 aromatic rings. The van der Waals surface area contributed by atoms with Crippen LogP contribution in [0.15, 0.2) is 42.5 Å². The minimum atomic E-state index is -1.01. The summed E-state index contributed by atoms with van der Waals surface area (Å²) in [5.74, 6) is 0.0753. The Morgan fingerprint density at radius 3 is 2.45 bits per heavy atom. The summed E-state index contributed by atoms with van der Waals surface area (Å²) in [6, 6.07) is 12.2. The number of nitrogens with one attached hydrogen (secondary N) is 1. The van der Waals surface area contributed by atoms with Crippen LogP contribution in [0.4, 0.5) is 10.5 Å². The predicted octanol–water partition coefficient (Wildman–Crippen LogP) is 4.26. The molecule has 8 heteroatoms. The number of carbonyl (C=O) groups excluding carboxylic acids is 1. The van der Waals surface area contributed by atoms with E-state index in [2.05, 4.69) is 5.32 Å². The Balaban J connectivity index is 1.95. The number of carboxylic acid groups (broad SMARTS) is 1. The van der Waals surface area contributed by atoms with Crippen LogP contribution >= 0.6 is 0 Å². The van der Waals surface area contributed by atoms with Gasteiger partial charge in [-0.15, -0.1) is 0 Å². The zero-order valence-corrected chi connectivity index (χ0v) is 18.2. The Hall–Kier alpha value is -3.26. The van der Waals surface area contributed by atoms with Gasteiger partial charge < -0.3 is 24.1 Å². The molecule has 2 N–H and O–H groups in total. The Morgan fingerprint density at radius 2 is 1.81 bits per heavy atom. The van der Waals surface area contributed by atoms with Gasteiger partial charge in [0.25, 0.3) is 0 Å². The van der Waals surface area contributed by atoms with Crippen LogP contribution in [0.2, 0.25) is 0 Å². The SMILES string of the molecule is CCOc1ccc(NC(=O)OCc2cccc(CC(OC(C)C)C(=O)O)c2)cc1OC. The molecule has 0 fully saturated rings. The molecule has 0 bridgehead atoms. The van der Waals surface area contributed by atoms with Gasteiger partial charge in [0.2, 0.25) is 0 Å². The maximum atomic E-state index is 12.2. The van der Waals surface area contributed by atoms with E-state index in [1.54, 1.807) is 50.2 Å². The molecule has 0 radical (unpaired) electrons. The third kappa shape index (κ3) is 7.82. The largest absolute Gasteiger partial charge is 0.493 e. The number of amides is 1. The first kappa shape index (κ1) is 24.0. The summed E-state index contributed by atoms with van der Waals surface area (Å²) in [6.07, 6.45) is -1.53. The fraction of sp³-hybridized carbons (Fsp3) is 0.391. The highest BCUT2D eigenvalue weighted by Crippen LogP contribution is 2.30. The van der Waals surface area contributed by atoms with E-state index in [9.17, 15) is 14.7 Å². The maximum Gasteiger partial charge on any atom is 0.411 e. The quantitative estimate of drug-likeness (QED) is 0.548. The van der Waals surface area contributed by atoms with E-state index >= 15 is 0 Å². The Morgan fingerprint density at radius 1 is 1.06 bits per heavy atom. The Kier molecular flexibility index (Phi) is 9.14. The lowest BCUT2D eigenvalue weighted by Crippen LogP contribution is -2.29. The standard InChI is InChI=1S/C23H29NO7/c1-5-29-19-10-9-18(13-20(19)28-4)24-23(27)30-14-17-8-6-7-16(11-17)12-21(22(25)26)31-15(2)3/h6-11,13,15,21H,5,12,14H2,1-4H3,(H,24,27)(H,25,26). The van der Waals surface area contributed by atoms with Crippen molar-refractivity contribution in [1.29, 1.82) is 0 Å². The van der Waals surface area contributed by atoms with Crippen molar-refractivity contribution in [2.45, 2.75) is 46.0 Å². The van der Waals surface area contributed by atoms with E-state index in [1.165, 1.54) is 7.11 Å². The summed E-state index contributed by atoms with van der Waals surface area (Å²) in [4.78, 5) is 23.6. The van der Waals surface area contributed by atoms with Crippen molar-refractivity contribution in [3.05, 3.63) is 53.6 Å². The molecule has 0 aliphatic carbocycles. The molecule has 31 heavy (non-hydrogen) atoms. The average Bonchev–Trinajstić information content (AvgIpc) is 2.73. The average molecular weight is 431 g/mol. The number of carbonyl (C=O) groups is 2. The van der Waals surface area contributed by atoms with Gasteiger partial charge in [-0.1, -0.05) is 24.3 Å². The number of hydrogen-bond acceptors (Lipinski definition) is 6. The molecule has 0 saturated carbocycles. The van der Waals surface area contributed by atoms with Crippen molar-refractivity contribution in [1.82, 2.24) is 0 Å². The summed E-state index contributed by atoms with van der Waals surface area (Å²) in [5.41, 5.74) is 2.03. The summed E-state index contributed by atoms with van der Waals surface area (Å²) in [5, 5.41) is 12.0. The van der Waals surface area contributed by atoms with E-state index in [4.69, 9.17) is 18.9 Å². The maximum absolute atomic E-state index is 12.2. The number of carboxylic acids is 1. The summed E-state index contributed by atoms with van der Waals surface area (Å²) in [6.45, 7) is 5.99. The monoisotopic (exact) mass is 431 g/mol. The molecule has 0 saturated heterocycles. The van der Waals surface area contributed by atoms with E-state index in [-0.39, 0.29) is 19.1 Å². The molecule has 1 atom stereocenters. The number of methoxy groups -OCH3 is 1. The number of benzene rings is 2. The van der Waals surface area contributed by atoms with Crippen LogP contribution in [0.3, 0.4) is 0 Å². The van der Waals surface area contributed by atoms with Gasteiger partial charge in [-0.05, 0) is 44.0 Å². The molecule has 2 rings (SSSR count). The normalized spacial score (nSPS) is 11.6. The van der Waals surface area contributed by atoms with Crippen LogP contribution in [0.5, 0.6) is 11.5 Å². The summed E-state index contributed by atoms with van der Waals surface area (Å²) in [7, 11) is 1.52. The molecule has 1 unspecified atom stereocenters. The van der Waals surface area contributed by atoms with Crippen LogP contribution in [0.25, 0.3) is 0 Å². The minimum Gasteiger partial charge on any atom is -0.493 e. The molecule has 0 spiro atoms. The second-order valence-corrected chi connectivity index (χ2v) is 7.04. The number of rotatable bonds is 11. The second kappa shape index (κ2) is 11.8. The summed E-state index contributed by atoms with van der Waals surface area (Å²) >= 11 is 0. The molecule has 0 aliphatic heterocycles. The van der Waals surface area contributed by atoms with Gasteiger partial charge in [0.1, 0.15) is 6.61 Å². The number of aliphatic carboxylic acids is 1. The second-order valence-electron chi connectivity index (χ2n) is 7.04. The van der Waals surface area contributed by atoms with Crippen LogP contribution in [0, 0.1) is 0 Å². The minimum absolute atomic E-state index is 0.0383. The van der Waals surface area contributed by atoms with Crippen molar-refractivity contribution in [2.75, 3.05) is 19.0 Å². The first-order chi connectivity index (χ1) is 14.8. The van der Waals surface area contributed by atoms with Crippen molar-refractivity contribution >= 4 is 17.7 Å². The fourth-order valence-corrected chi connectivity index (χ4v) is 2.91. The molecule has 0 heterocycles. The molecule has 1 amide bonds. The number of anilines is 1. The van der Waals surface area contributed by atoms with Crippen molar-refractivity contribution in [3.63, 3.8) is 0 Å². The van der Waals surface area contributed by atoms with Crippen LogP contribution in [0.1, 0.15) is 31.9 Å². The van der Waals surface area contributed by atoms with Crippen molar-refractivity contribution in [3.8, 4) is 11.5 Å². The van der Waals surface area contributed by atoms with Crippen LogP contribution in [-0.2, 0) is 27.3 Å². The Labute approximate surface area is 182 Å². The smallest absolute Gasteiger partial charge is 0.411 e. The lowest BCUT2D eigenvalue weighted by atomic mass is 10.0. The van der Waals surface area contributed by atoms with E-state index in [0.29, 0.717) is 23.8 Å². The van der Waals surface area contributed by atoms with Gasteiger partial charge >= 0.3 is 12.1 Å². The first-order valence-corrected chi connectivity index (χ1v) is 10.0. The first-order valence-electron chi connectivity index (χ1n) is 10.0. The molecule has 2 aromatic carbocycles. The topological polar surface area (TPSA) is 103 Å². The van der Waals surface area contributed by atoms with E-state index in [1.807, 2.05) is 13.0 Å². The number of ether oxygens (including phenoxy) is 4. The van der Waals surface area contributed by atoms with Crippen LogP contribution < -0.4 is 14.8 Å². The molecular formula is C23H29NO7. The van der Waals surface area contributed by atoms with E-state index in [0.717, 1.165) is 11.1 Å². The zero-order chi connectivity index (χ0) is 22.8. The van der Waals surface area contributed by atoms with Gasteiger partial charge in [0, 0.05) is 18.2 Å². The highest BCUT2D eigenvalue weighted by molar-refractivity contribution is 5.85. The lowest BCUT2D eigenvalue weighted by Gasteiger charge is -2.17. The highest BCUT2D eigenvalue weighted by Gasteiger charge is 2.20. The molecular weight excluding hydrogens is 402 g/mol. The molecule has 0 aromatic heterocycles. The van der Waals surface area contributed by atoms with Gasteiger partial charge in [0.05, 0.1) is 19.8 Å². The fourth-order valence-electron chi connectivity index (χ4n) is 2.91. The number of hydrogen-bond donors (Lipinski definition) is 2.